The van der Waals surface area contributed by atoms with Crippen LogP contribution in [0.1, 0.15) is 39.0 Å². The Morgan fingerprint density at radius 3 is 2.50 bits per heavy atom. The third-order valence-corrected chi connectivity index (χ3v) is 5.37. The summed E-state index contributed by atoms with van der Waals surface area (Å²) in [5, 5.41) is 3.17. The normalized spacial score (nSPS) is 21.5. The van der Waals surface area contributed by atoms with Gasteiger partial charge in [-0.3, -0.25) is 9.69 Å². The zero-order valence-electron chi connectivity index (χ0n) is 14.7. The predicted molar refractivity (Wildman–Crippen MR) is 94.9 cm³/mol. The molecule has 3 rings (SSSR count). The first-order valence-electron chi connectivity index (χ1n) is 9.28. The summed E-state index contributed by atoms with van der Waals surface area (Å²) in [5.74, 6) is 1.64. The van der Waals surface area contributed by atoms with Crippen LogP contribution in [0.5, 0.6) is 0 Å². The Labute approximate surface area is 144 Å². The van der Waals surface area contributed by atoms with Crippen LogP contribution in [0.15, 0.2) is 18.5 Å². The SMILES string of the molecule is CC(C(=O)NCC1CCCCC1)N1CCN(c2ncccn2)CC1. The highest BCUT2D eigenvalue weighted by molar-refractivity contribution is 5.81. The van der Waals surface area contributed by atoms with Crippen LogP contribution in [0.4, 0.5) is 5.95 Å². The van der Waals surface area contributed by atoms with Crippen molar-refractivity contribution in [3.05, 3.63) is 18.5 Å². The van der Waals surface area contributed by atoms with Crippen molar-refractivity contribution in [3.8, 4) is 0 Å². The molecule has 132 valence electrons. The molecule has 1 saturated carbocycles. The molecule has 1 N–H and O–H groups in total. The topological polar surface area (TPSA) is 61.4 Å². The molecular weight excluding hydrogens is 302 g/mol. The van der Waals surface area contributed by atoms with E-state index in [-0.39, 0.29) is 11.9 Å². The fraction of sp³-hybridized carbons (Fsp3) is 0.722. The Morgan fingerprint density at radius 1 is 1.17 bits per heavy atom. The van der Waals surface area contributed by atoms with Crippen LogP contribution >= 0.6 is 0 Å². The molecule has 2 heterocycles. The van der Waals surface area contributed by atoms with Crippen molar-refractivity contribution in [2.24, 2.45) is 5.92 Å². The molecule has 0 radical (unpaired) electrons. The average molecular weight is 331 g/mol. The third kappa shape index (κ3) is 4.44. The number of nitrogens with zero attached hydrogens (tertiary/aromatic N) is 4. The maximum absolute atomic E-state index is 12.4. The maximum atomic E-state index is 12.4. The van der Waals surface area contributed by atoms with E-state index in [1.807, 2.05) is 13.0 Å². The van der Waals surface area contributed by atoms with Gasteiger partial charge in [0.15, 0.2) is 0 Å². The number of amides is 1. The largest absolute Gasteiger partial charge is 0.354 e. The highest BCUT2D eigenvalue weighted by Crippen LogP contribution is 2.22. The van der Waals surface area contributed by atoms with Gasteiger partial charge in [0.05, 0.1) is 6.04 Å². The van der Waals surface area contributed by atoms with Crippen molar-refractivity contribution in [1.29, 1.82) is 0 Å². The number of anilines is 1. The summed E-state index contributed by atoms with van der Waals surface area (Å²) in [4.78, 5) is 25.5. The molecule has 1 saturated heterocycles. The molecule has 1 aliphatic heterocycles. The molecule has 1 atom stereocenters. The summed E-state index contributed by atoms with van der Waals surface area (Å²) in [6, 6.07) is 1.77. The van der Waals surface area contributed by atoms with Gasteiger partial charge >= 0.3 is 0 Å². The number of carbonyl (C=O) groups excluding carboxylic acids is 1. The molecule has 24 heavy (non-hydrogen) atoms. The van der Waals surface area contributed by atoms with Gasteiger partial charge in [0.1, 0.15) is 0 Å². The minimum absolute atomic E-state index is 0.0626. The summed E-state index contributed by atoms with van der Waals surface area (Å²) < 4.78 is 0. The van der Waals surface area contributed by atoms with Gasteiger partial charge in [0, 0.05) is 45.1 Å². The second kappa shape index (κ2) is 8.42. The van der Waals surface area contributed by atoms with E-state index >= 15 is 0 Å². The van der Waals surface area contributed by atoms with Gasteiger partial charge in [-0.05, 0) is 31.7 Å². The molecule has 1 unspecified atom stereocenters. The number of piperazine rings is 1. The lowest BCUT2D eigenvalue weighted by molar-refractivity contribution is -0.126. The van der Waals surface area contributed by atoms with Gasteiger partial charge in [0.25, 0.3) is 0 Å². The first kappa shape index (κ1) is 17.1. The fourth-order valence-corrected chi connectivity index (χ4v) is 3.71. The maximum Gasteiger partial charge on any atom is 0.237 e. The Balaban J connectivity index is 1.42. The van der Waals surface area contributed by atoms with Gasteiger partial charge in [-0.2, -0.15) is 0 Å². The molecule has 0 bridgehead atoms. The zero-order valence-corrected chi connectivity index (χ0v) is 14.7. The van der Waals surface area contributed by atoms with Crippen LogP contribution in [0.3, 0.4) is 0 Å². The van der Waals surface area contributed by atoms with E-state index in [1.54, 1.807) is 12.4 Å². The van der Waals surface area contributed by atoms with Crippen LogP contribution in [-0.4, -0.2) is 59.5 Å². The van der Waals surface area contributed by atoms with Gasteiger partial charge in [-0.15, -0.1) is 0 Å². The van der Waals surface area contributed by atoms with Gasteiger partial charge < -0.3 is 10.2 Å². The molecule has 1 aromatic rings. The van der Waals surface area contributed by atoms with Gasteiger partial charge in [0.2, 0.25) is 11.9 Å². The Bertz CT molecular complexity index is 509. The zero-order chi connectivity index (χ0) is 16.8. The second-order valence-electron chi connectivity index (χ2n) is 7.00. The number of hydrogen-bond acceptors (Lipinski definition) is 5. The van der Waals surface area contributed by atoms with Crippen LogP contribution in [0, 0.1) is 5.92 Å². The number of hydrogen-bond donors (Lipinski definition) is 1. The summed E-state index contributed by atoms with van der Waals surface area (Å²) in [7, 11) is 0. The Hall–Kier alpha value is -1.69. The summed E-state index contributed by atoms with van der Waals surface area (Å²) >= 11 is 0. The standard InChI is InChI=1S/C18H29N5O/c1-15(17(24)21-14-16-6-3-2-4-7-16)22-10-12-23(13-11-22)18-19-8-5-9-20-18/h5,8-9,15-16H,2-4,6-7,10-14H2,1H3,(H,21,24). The minimum Gasteiger partial charge on any atom is -0.354 e. The first-order chi connectivity index (χ1) is 11.7. The van der Waals surface area contributed by atoms with Crippen LogP contribution in [0.25, 0.3) is 0 Å². The van der Waals surface area contributed by atoms with E-state index < -0.39 is 0 Å². The lowest BCUT2D eigenvalue weighted by Crippen LogP contribution is -2.54. The van der Waals surface area contributed by atoms with Crippen molar-refractivity contribution in [2.45, 2.75) is 45.1 Å². The van der Waals surface area contributed by atoms with Gasteiger partial charge in [-0.1, -0.05) is 19.3 Å². The summed E-state index contributed by atoms with van der Waals surface area (Å²) in [6.45, 7) is 6.34. The van der Waals surface area contributed by atoms with Crippen LogP contribution in [-0.2, 0) is 4.79 Å². The van der Waals surface area contributed by atoms with E-state index in [9.17, 15) is 4.79 Å². The lowest BCUT2D eigenvalue weighted by atomic mass is 9.89. The molecule has 2 aliphatic rings. The molecular formula is C18H29N5O. The highest BCUT2D eigenvalue weighted by Gasteiger charge is 2.26. The summed E-state index contributed by atoms with van der Waals surface area (Å²) in [6.07, 6.45) is 10.1. The molecule has 1 amide bonds. The fourth-order valence-electron chi connectivity index (χ4n) is 3.71. The number of carbonyl (C=O) groups is 1. The minimum atomic E-state index is -0.0626. The van der Waals surface area contributed by atoms with Crippen LogP contribution < -0.4 is 10.2 Å². The summed E-state index contributed by atoms with van der Waals surface area (Å²) in [5.41, 5.74) is 0. The van der Waals surface area contributed by atoms with Crippen molar-refractivity contribution in [1.82, 2.24) is 20.2 Å². The van der Waals surface area contributed by atoms with Crippen LogP contribution in [0.2, 0.25) is 0 Å². The molecule has 1 aliphatic carbocycles. The smallest absolute Gasteiger partial charge is 0.237 e. The van der Waals surface area contributed by atoms with Crippen molar-refractivity contribution >= 4 is 11.9 Å². The molecule has 1 aromatic heterocycles. The Morgan fingerprint density at radius 2 is 1.83 bits per heavy atom. The molecule has 0 spiro atoms. The lowest BCUT2D eigenvalue weighted by Gasteiger charge is -2.37. The quantitative estimate of drug-likeness (QED) is 0.889. The molecule has 0 aromatic carbocycles. The molecule has 2 fully saturated rings. The van der Waals surface area contributed by atoms with E-state index in [4.69, 9.17) is 0 Å². The average Bonchev–Trinajstić information content (AvgIpc) is 2.67. The number of rotatable bonds is 5. The van der Waals surface area contributed by atoms with E-state index in [1.165, 1.54) is 32.1 Å². The third-order valence-electron chi connectivity index (χ3n) is 5.37. The van der Waals surface area contributed by atoms with E-state index in [2.05, 4.69) is 25.1 Å². The highest BCUT2D eigenvalue weighted by atomic mass is 16.2. The monoisotopic (exact) mass is 331 g/mol. The first-order valence-corrected chi connectivity index (χ1v) is 9.28. The number of nitrogens with one attached hydrogen (secondary N) is 1. The van der Waals surface area contributed by atoms with Gasteiger partial charge in [-0.25, -0.2) is 9.97 Å². The van der Waals surface area contributed by atoms with E-state index in [0.29, 0.717) is 5.92 Å². The van der Waals surface area contributed by atoms with E-state index in [0.717, 1.165) is 38.7 Å². The van der Waals surface area contributed by atoms with Crippen molar-refractivity contribution < 1.29 is 4.79 Å². The number of aromatic nitrogens is 2. The molecule has 6 nitrogen and oxygen atoms in total. The Kier molecular flexibility index (Phi) is 6.01. The van der Waals surface area contributed by atoms with Crippen molar-refractivity contribution in [2.75, 3.05) is 37.6 Å². The second-order valence-corrected chi connectivity index (χ2v) is 7.00. The van der Waals surface area contributed by atoms with Crippen molar-refractivity contribution in [3.63, 3.8) is 0 Å². The predicted octanol–water partition coefficient (Wildman–Crippen LogP) is 1.68. The molecule has 6 heteroatoms.